The van der Waals surface area contributed by atoms with Crippen LogP contribution in [0.5, 0.6) is 11.5 Å². The van der Waals surface area contributed by atoms with Gasteiger partial charge in [0.25, 0.3) is 0 Å². The Bertz CT molecular complexity index is 1040. The van der Waals surface area contributed by atoms with E-state index >= 15 is 0 Å². The Hall–Kier alpha value is -3.02. The van der Waals surface area contributed by atoms with E-state index in [1.165, 1.54) is 0 Å². The van der Waals surface area contributed by atoms with E-state index in [-0.39, 0.29) is 0 Å². The highest BCUT2D eigenvalue weighted by Crippen LogP contribution is 2.35. The second-order valence-electron chi connectivity index (χ2n) is 7.96. The molecule has 0 aromatic heterocycles. The number of hydrogen-bond acceptors (Lipinski definition) is 4. The second kappa shape index (κ2) is 12.3. The number of ether oxygens (including phenoxy) is 2. The van der Waals surface area contributed by atoms with Crippen molar-refractivity contribution in [2.24, 2.45) is 0 Å². The Morgan fingerprint density at radius 2 is 1.30 bits per heavy atom. The molecule has 0 radical (unpaired) electrons. The quantitative estimate of drug-likeness (QED) is 0.311. The van der Waals surface area contributed by atoms with E-state index in [1.807, 2.05) is 49.4 Å². The smallest absolute Gasteiger partial charge is 0.488 e. The molecule has 0 aliphatic rings. The van der Waals surface area contributed by atoms with E-state index in [1.54, 1.807) is 6.07 Å². The van der Waals surface area contributed by atoms with Gasteiger partial charge in [-0.2, -0.15) is 0 Å². The van der Waals surface area contributed by atoms with Crippen molar-refractivity contribution in [2.75, 3.05) is 13.2 Å². The molecule has 0 spiro atoms. The summed E-state index contributed by atoms with van der Waals surface area (Å²) >= 11 is 0. The fourth-order valence-electron chi connectivity index (χ4n) is 3.83. The zero-order valence-corrected chi connectivity index (χ0v) is 19.8. The van der Waals surface area contributed by atoms with Crippen molar-refractivity contribution in [3.8, 4) is 11.5 Å². The lowest BCUT2D eigenvalue weighted by atomic mass is 9.77. The van der Waals surface area contributed by atoms with Gasteiger partial charge in [0.2, 0.25) is 0 Å². The zero-order valence-electron chi connectivity index (χ0n) is 19.8. The van der Waals surface area contributed by atoms with Crippen LogP contribution in [0.25, 0.3) is 11.1 Å². The van der Waals surface area contributed by atoms with Crippen LogP contribution in [0.3, 0.4) is 0 Å². The number of rotatable bonds is 11. The van der Waals surface area contributed by atoms with Crippen molar-refractivity contribution in [2.45, 2.75) is 40.0 Å². The Balaban J connectivity index is 2.18. The van der Waals surface area contributed by atoms with Crippen LogP contribution in [0, 0.1) is 0 Å². The average Bonchev–Trinajstić information content (AvgIpc) is 2.85. The van der Waals surface area contributed by atoms with E-state index in [9.17, 15) is 10.0 Å². The maximum atomic E-state index is 9.90. The first-order valence-corrected chi connectivity index (χ1v) is 11.7. The second-order valence-corrected chi connectivity index (χ2v) is 7.96. The monoisotopic (exact) mass is 444 g/mol. The van der Waals surface area contributed by atoms with Crippen molar-refractivity contribution >= 4 is 23.7 Å². The predicted molar refractivity (Wildman–Crippen MR) is 137 cm³/mol. The molecule has 0 saturated carbocycles. The molecule has 3 aromatic rings. The summed E-state index contributed by atoms with van der Waals surface area (Å²) in [6.07, 6.45) is 2.60. The van der Waals surface area contributed by atoms with Crippen molar-refractivity contribution in [3.63, 3.8) is 0 Å². The number of hydrogen-bond donors (Lipinski definition) is 2. The minimum Gasteiger partial charge on any atom is -0.494 e. The highest BCUT2D eigenvalue weighted by Gasteiger charge is 2.18. The van der Waals surface area contributed by atoms with Crippen LogP contribution in [0.15, 0.2) is 72.8 Å². The predicted octanol–water partition coefficient (Wildman–Crippen LogP) is 5.31. The van der Waals surface area contributed by atoms with Gasteiger partial charge in [-0.1, -0.05) is 69.3 Å². The van der Waals surface area contributed by atoms with E-state index in [4.69, 9.17) is 9.47 Å². The first-order valence-electron chi connectivity index (χ1n) is 11.7. The summed E-state index contributed by atoms with van der Waals surface area (Å²) in [5.41, 5.74) is 5.72. The van der Waals surface area contributed by atoms with Gasteiger partial charge in [0.1, 0.15) is 11.5 Å². The normalized spacial score (nSPS) is 11.7. The van der Waals surface area contributed by atoms with Gasteiger partial charge in [-0.25, -0.2) is 0 Å². The maximum Gasteiger partial charge on any atom is 0.488 e. The highest BCUT2D eigenvalue weighted by atomic mass is 16.5. The fourth-order valence-corrected chi connectivity index (χ4v) is 3.83. The van der Waals surface area contributed by atoms with Crippen molar-refractivity contribution in [1.29, 1.82) is 0 Å². The van der Waals surface area contributed by atoms with E-state index in [0.717, 1.165) is 52.8 Å². The lowest BCUT2D eigenvalue weighted by molar-refractivity contribution is 0.317. The third-order valence-electron chi connectivity index (χ3n) is 5.38. The molecule has 4 nitrogen and oxygen atoms in total. The molecule has 3 aromatic carbocycles. The highest BCUT2D eigenvalue weighted by molar-refractivity contribution is 6.58. The molecule has 5 heteroatoms. The Kier molecular flexibility index (Phi) is 9.17. The molecule has 0 amide bonds. The average molecular weight is 444 g/mol. The third kappa shape index (κ3) is 6.50. The van der Waals surface area contributed by atoms with Gasteiger partial charge in [0, 0.05) is 0 Å². The van der Waals surface area contributed by atoms with E-state index in [0.29, 0.717) is 24.4 Å². The first-order chi connectivity index (χ1) is 16.1. The van der Waals surface area contributed by atoms with E-state index < -0.39 is 7.12 Å². The van der Waals surface area contributed by atoms with E-state index in [2.05, 4.69) is 38.1 Å². The van der Waals surface area contributed by atoms with Crippen LogP contribution < -0.4 is 14.9 Å². The Morgan fingerprint density at radius 1 is 0.697 bits per heavy atom. The first kappa shape index (κ1) is 24.6. The molecule has 0 aliphatic heterocycles. The number of benzene rings is 3. The summed E-state index contributed by atoms with van der Waals surface area (Å²) in [7, 11) is -1.57. The molecule has 0 fully saturated rings. The molecular weight excluding hydrogens is 411 g/mol. The number of allylic oxidation sites excluding steroid dienone is 1. The third-order valence-corrected chi connectivity index (χ3v) is 5.38. The minimum atomic E-state index is -1.57. The SMILES string of the molecule is CCCOc1ccc(/C(=C(\CC)c2cc(OCCC)cc(B(O)O)c2)c2ccccc2)cc1. The molecular formula is C28H33BO4. The molecule has 172 valence electrons. The van der Waals surface area contributed by atoms with Gasteiger partial charge in [0.05, 0.1) is 13.2 Å². The van der Waals surface area contributed by atoms with Gasteiger partial charge < -0.3 is 19.5 Å². The lowest BCUT2D eigenvalue weighted by Gasteiger charge is -2.18. The van der Waals surface area contributed by atoms with Crippen LogP contribution in [0.1, 0.15) is 56.7 Å². The van der Waals surface area contributed by atoms with Gasteiger partial charge in [0.15, 0.2) is 0 Å². The van der Waals surface area contributed by atoms with Crippen LogP contribution in [0.4, 0.5) is 0 Å². The summed E-state index contributed by atoms with van der Waals surface area (Å²) in [6.45, 7) is 7.52. The summed E-state index contributed by atoms with van der Waals surface area (Å²) in [5, 5.41) is 19.8. The Morgan fingerprint density at radius 3 is 1.88 bits per heavy atom. The van der Waals surface area contributed by atoms with Crippen LogP contribution in [0.2, 0.25) is 0 Å². The molecule has 0 heterocycles. The summed E-state index contributed by atoms with van der Waals surface area (Å²) in [4.78, 5) is 0. The van der Waals surface area contributed by atoms with Crippen molar-refractivity contribution < 1.29 is 19.5 Å². The largest absolute Gasteiger partial charge is 0.494 e. The molecule has 0 bridgehead atoms. The van der Waals surface area contributed by atoms with Gasteiger partial charge in [-0.3, -0.25) is 0 Å². The molecule has 0 saturated heterocycles. The lowest BCUT2D eigenvalue weighted by Crippen LogP contribution is -2.30. The van der Waals surface area contributed by atoms with Crippen LogP contribution in [-0.4, -0.2) is 30.4 Å². The zero-order chi connectivity index (χ0) is 23.6. The summed E-state index contributed by atoms with van der Waals surface area (Å²) in [6, 6.07) is 24.0. The molecule has 3 rings (SSSR count). The maximum absolute atomic E-state index is 9.90. The standard InChI is InChI=1S/C28H33BO4/c1-4-16-32-25-14-12-22(13-15-25)28(21-10-8-7-9-11-21)27(6-3)23-18-24(29(30)31)20-26(19-23)33-17-5-2/h7-15,18-20,30-31H,4-6,16-17H2,1-3H3/b28-27+. The van der Waals surface area contributed by atoms with Gasteiger partial charge >= 0.3 is 7.12 Å². The van der Waals surface area contributed by atoms with Crippen molar-refractivity contribution in [1.82, 2.24) is 0 Å². The molecule has 2 N–H and O–H groups in total. The summed E-state index contributed by atoms with van der Waals surface area (Å²) < 4.78 is 11.6. The van der Waals surface area contributed by atoms with Gasteiger partial charge in [-0.15, -0.1) is 0 Å². The van der Waals surface area contributed by atoms with Crippen LogP contribution >= 0.6 is 0 Å². The van der Waals surface area contributed by atoms with Gasteiger partial charge in [-0.05, 0) is 76.8 Å². The molecule has 33 heavy (non-hydrogen) atoms. The molecule has 0 aliphatic carbocycles. The Labute approximate surface area is 197 Å². The molecule has 0 unspecified atom stereocenters. The van der Waals surface area contributed by atoms with Crippen molar-refractivity contribution in [3.05, 3.63) is 89.5 Å². The van der Waals surface area contributed by atoms with Crippen LogP contribution in [-0.2, 0) is 0 Å². The fraction of sp³-hybridized carbons (Fsp3) is 0.286. The summed E-state index contributed by atoms with van der Waals surface area (Å²) in [5.74, 6) is 1.49. The topological polar surface area (TPSA) is 58.9 Å². The molecule has 0 atom stereocenters. The minimum absolute atomic E-state index is 0.417.